The van der Waals surface area contributed by atoms with E-state index in [0.717, 1.165) is 5.82 Å². The summed E-state index contributed by atoms with van der Waals surface area (Å²) in [6.07, 6.45) is 1.91. The molecule has 0 aliphatic rings. The monoisotopic (exact) mass is 268 g/mol. The molecule has 0 aliphatic heterocycles. The predicted molar refractivity (Wildman–Crippen MR) is 64.7 cm³/mol. The maximum absolute atomic E-state index is 12.1. The second-order valence-corrected chi connectivity index (χ2v) is 4.06. The van der Waals surface area contributed by atoms with Crippen molar-refractivity contribution < 1.29 is 13.5 Å². The van der Waals surface area contributed by atoms with Gasteiger partial charge in [-0.3, -0.25) is 4.68 Å². The Labute approximate surface area is 109 Å². The summed E-state index contributed by atoms with van der Waals surface area (Å²) in [6.45, 7) is -2.84. The lowest BCUT2D eigenvalue weighted by atomic mass is 10.0. The molecular weight excluding hydrogens is 254 g/mol. The van der Waals surface area contributed by atoms with Gasteiger partial charge in [-0.05, 0) is 17.7 Å². The van der Waals surface area contributed by atoms with Gasteiger partial charge in [0.1, 0.15) is 17.9 Å². The van der Waals surface area contributed by atoms with Gasteiger partial charge in [0.15, 0.2) is 0 Å². The lowest BCUT2D eigenvalue weighted by Crippen LogP contribution is -2.16. The highest BCUT2D eigenvalue weighted by Gasteiger charge is 2.12. The minimum Gasteiger partial charge on any atom is -0.435 e. The molecule has 1 unspecified atom stereocenters. The van der Waals surface area contributed by atoms with Crippen LogP contribution < -0.4 is 10.5 Å². The molecular formula is C12H14F2N4O. The first-order chi connectivity index (χ1) is 9.06. The average Bonchev–Trinajstić information content (AvgIpc) is 2.74. The molecule has 2 aromatic rings. The molecule has 0 fully saturated rings. The molecule has 0 saturated heterocycles. The number of aryl methyl sites for hydroxylation is 1. The van der Waals surface area contributed by atoms with Crippen LogP contribution in [0.25, 0.3) is 0 Å². The van der Waals surface area contributed by atoms with Crippen LogP contribution in [0.4, 0.5) is 8.78 Å². The van der Waals surface area contributed by atoms with Gasteiger partial charge in [-0.1, -0.05) is 12.1 Å². The van der Waals surface area contributed by atoms with Crippen LogP contribution in [0.5, 0.6) is 5.75 Å². The number of halogens is 2. The third-order valence-electron chi connectivity index (χ3n) is 2.72. The first-order valence-corrected chi connectivity index (χ1v) is 5.69. The quantitative estimate of drug-likeness (QED) is 0.895. The second-order valence-electron chi connectivity index (χ2n) is 4.06. The van der Waals surface area contributed by atoms with E-state index >= 15 is 0 Å². The first-order valence-electron chi connectivity index (χ1n) is 5.69. The van der Waals surface area contributed by atoms with Gasteiger partial charge in [0.25, 0.3) is 0 Å². The molecule has 2 N–H and O–H groups in total. The molecule has 0 aliphatic carbocycles. The average molecular weight is 268 g/mol. The van der Waals surface area contributed by atoms with Crippen LogP contribution in [0.1, 0.15) is 17.4 Å². The predicted octanol–water partition coefficient (Wildman–Crippen LogP) is 1.66. The van der Waals surface area contributed by atoms with Gasteiger partial charge in [0.05, 0.1) is 0 Å². The molecule has 0 saturated carbocycles. The minimum atomic E-state index is -2.84. The van der Waals surface area contributed by atoms with E-state index in [4.69, 9.17) is 5.73 Å². The Hall–Kier alpha value is -2.02. The molecule has 5 nitrogen and oxygen atoms in total. The Kier molecular flexibility index (Phi) is 4.06. The number of ether oxygens (including phenoxy) is 1. The van der Waals surface area contributed by atoms with E-state index in [2.05, 4.69) is 14.8 Å². The summed E-state index contributed by atoms with van der Waals surface area (Å²) in [5, 5.41) is 3.95. The van der Waals surface area contributed by atoms with Crippen LogP contribution in [0.15, 0.2) is 30.6 Å². The first kappa shape index (κ1) is 13.4. The number of hydrogen-bond donors (Lipinski definition) is 1. The van der Waals surface area contributed by atoms with Gasteiger partial charge in [-0.15, -0.1) is 0 Å². The van der Waals surface area contributed by atoms with E-state index in [1.165, 1.54) is 18.5 Å². The summed E-state index contributed by atoms with van der Waals surface area (Å²) >= 11 is 0. The molecule has 0 amide bonds. The van der Waals surface area contributed by atoms with Crippen molar-refractivity contribution in [2.24, 2.45) is 12.8 Å². The summed E-state index contributed by atoms with van der Waals surface area (Å²) in [5.74, 6) is 0.827. The van der Waals surface area contributed by atoms with Crippen LogP contribution >= 0.6 is 0 Å². The smallest absolute Gasteiger partial charge is 0.387 e. The lowest BCUT2D eigenvalue weighted by molar-refractivity contribution is -0.0499. The number of benzene rings is 1. The number of alkyl halides is 2. The van der Waals surface area contributed by atoms with Crippen LogP contribution in [0, 0.1) is 0 Å². The van der Waals surface area contributed by atoms with E-state index < -0.39 is 6.61 Å². The highest BCUT2D eigenvalue weighted by molar-refractivity contribution is 5.30. The zero-order valence-corrected chi connectivity index (χ0v) is 10.3. The Morgan fingerprint density at radius 3 is 2.84 bits per heavy atom. The highest BCUT2D eigenvalue weighted by Crippen LogP contribution is 2.21. The summed E-state index contributed by atoms with van der Waals surface area (Å²) in [7, 11) is 1.77. The van der Waals surface area contributed by atoms with Gasteiger partial charge in [-0.2, -0.15) is 13.9 Å². The fourth-order valence-corrected chi connectivity index (χ4v) is 1.74. The van der Waals surface area contributed by atoms with E-state index in [-0.39, 0.29) is 11.8 Å². The molecule has 7 heteroatoms. The number of hydrogen-bond acceptors (Lipinski definition) is 4. The Morgan fingerprint density at radius 1 is 1.42 bits per heavy atom. The topological polar surface area (TPSA) is 66.0 Å². The van der Waals surface area contributed by atoms with Crippen molar-refractivity contribution >= 4 is 0 Å². The highest BCUT2D eigenvalue weighted by atomic mass is 19.3. The van der Waals surface area contributed by atoms with Crippen molar-refractivity contribution in [2.45, 2.75) is 19.1 Å². The summed E-state index contributed by atoms with van der Waals surface area (Å²) in [5.41, 5.74) is 6.74. The minimum absolute atomic E-state index is 0.0981. The molecule has 0 spiro atoms. The van der Waals surface area contributed by atoms with Gasteiger partial charge in [-0.25, -0.2) is 4.98 Å². The van der Waals surface area contributed by atoms with Gasteiger partial charge < -0.3 is 10.5 Å². The number of rotatable bonds is 5. The summed E-state index contributed by atoms with van der Waals surface area (Å²) in [4.78, 5) is 4.07. The van der Waals surface area contributed by atoms with Crippen LogP contribution in [-0.2, 0) is 13.5 Å². The molecule has 1 atom stereocenters. The van der Waals surface area contributed by atoms with Crippen LogP contribution in [0.3, 0.4) is 0 Å². The molecule has 1 aromatic heterocycles. The van der Waals surface area contributed by atoms with Crippen LogP contribution in [0.2, 0.25) is 0 Å². The normalized spacial score (nSPS) is 12.7. The molecule has 0 bridgehead atoms. The maximum atomic E-state index is 12.1. The van der Waals surface area contributed by atoms with Gasteiger partial charge in [0.2, 0.25) is 0 Å². The van der Waals surface area contributed by atoms with Crippen molar-refractivity contribution in [2.75, 3.05) is 0 Å². The number of nitrogens with two attached hydrogens (primary N) is 1. The van der Waals surface area contributed by atoms with E-state index in [9.17, 15) is 8.78 Å². The number of aromatic nitrogens is 3. The molecule has 1 heterocycles. The number of nitrogens with zero attached hydrogens (tertiary/aromatic N) is 3. The Bertz CT molecular complexity index is 544. The molecule has 19 heavy (non-hydrogen) atoms. The van der Waals surface area contributed by atoms with Crippen molar-refractivity contribution in [3.8, 4) is 5.75 Å². The Morgan fingerprint density at radius 2 is 2.21 bits per heavy atom. The van der Waals surface area contributed by atoms with E-state index in [1.54, 1.807) is 23.9 Å². The maximum Gasteiger partial charge on any atom is 0.387 e. The zero-order chi connectivity index (χ0) is 13.8. The third-order valence-corrected chi connectivity index (χ3v) is 2.72. The molecule has 102 valence electrons. The Balaban J connectivity index is 2.10. The molecule has 0 radical (unpaired) electrons. The molecule has 2 rings (SSSR count). The lowest BCUT2D eigenvalue weighted by Gasteiger charge is -2.13. The summed E-state index contributed by atoms with van der Waals surface area (Å²) in [6, 6.07) is 6.00. The largest absolute Gasteiger partial charge is 0.435 e. The van der Waals surface area contributed by atoms with Crippen LogP contribution in [-0.4, -0.2) is 21.4 Å². The van der Waals surface area contributed by atoms with Crippen molar-refractivity contribution in [1.29, 1.82) is 0 Å². The fraction of sp³-hybridized carbons (Fsp3) is 0.333. The summed E-state index contributed by atoms with van der Waals surface area (Å²) < 4.78 is 30.2. The zero-order valence-electron chi connectivity index (χ0n) is 10.3. The third kappa shape index (κ3) is 3.47. The van der Waals surface area contributed by atoms with E-state index in [1.807, 2.05) is 0 Å². The van der Waals surface area contributed by atoms with Crippen molar-refractivity contribution in [3.05, 3.63) is 42.0 Å². The van der Waals surface area contributed by atoms with E-state index in [0.29, 0.717) is 12.0 Å². The molecule has 1 aromatic carbocycles. The van der Waals surface area contributed by atoms with Gasteiger partial charge in [0, 0.05) is 19.5 Å². The van der Waals surface area contributed by atoms with Gasteiger partial charge >= 0.3 is 6.61 Å². The SMILES string of the molecule is Cn1ncnc1CC(N)c1cccc(OC(F)F)c1. The van der Waals surface area contributed by atoms with Crippen molar-refractivity contribution in [3.63, 3.8) is 0 Å². The fourth-order valence-electron chi connectivity index (χ4n) is 1.74. The second kappa shape index (κ2) is 5.75. The standard InChI is InChI=1S/C12H14F2N4O/c1-18-11(16-7-17-18)6-10(15)8-3-2-4-9(5-8)19-12(13)14/h2-5,7,10,12H,6,15H2,1H3. The van der Waals surface area contributed by atoms with Crippen molar-refractivity contribution in [1.82, 2.24) is 14.8 Å².